The first kappa shape index (κ1) is 10.9. The van der Waals surface area contributed by atoms with Crippen LogP contribution < -0.4 is 0 Å². The molecule has 86 valence electrons. The lowest BCUT2D eigenvalue weighted by Gasteiger charge is -2.15. The average Bonchev–Trinajstić information content (AvgIpc) is 2.71. The number of carboxylic acid groups (broad SMARTS) is 1. The highest BCUT2D eigenvalue weighted by Gasteiger charge is 2.35. The molecular formula is C12H21NO2. The molecule has 0 aromatic heterocycles. The molecule has 0 bridgehead atoms. The van der Waals surface area contributed by atoms with Crippen LogP contribution in [0.25, 0.3) is 0 Å². The molecule has 2 unspecified atom stereocenters. The van der Waals surface area contributed by atoms with Crippen molar-refractivity contribution in [1.29, 1.82) is 0 Å². The number of nitrogens with zero attached hydrogens (tertiary/aromatic N) is 1. The van der Waals surface area contributed by atoms with E-state index in [0.717, 1.165) is 31.2 Å². The molecule has 2 fully saturated rings. The zero-order valence-corrected chi connectivity index (χ0v) is 9.32. The Morgan fingerprint density at radius 1 is 1.20 bits per heavy atom. The van der Waals surface area contributed by atoms with E-state index >= 15 is 0 Å². The molecule has 1 N–H and O–H groups in total. The Balaban J connectivity index is 1.59. The normalized spacial score (nSPS) is 30.7. The second-order valence-electron chi connectivity index (χ2n) is 5.06. The van der Waals surface area contributed by atoms with Crippen molar-refractivity contribution in [2.24, 2.45) is 11.8 Å². The molecule has 0 radical (unpaired) electrons. The molecule has 2 rings (SSSR count). The summed E-state index contributed by atoms with van der Waals surface area (Å²) in [6.07, 6.45) is 6.50. The molecule has 0 aromatic carbocycles. The van der Waals surface area contributed by atoms with Crippen LogP contribution in [0.4, 0.5) is 0 Å². The third-order valence-electron chi connectivity index (χ3n) is 3.92. The molecule has 1 aliphatic carbocycles. The summed E-state index contributed by atoms with van der Waals surface area (Å²) in [5, 5.41) is 8.52. The summed E-state index contributed by atoms with van der Waals surface area (Å²) in [4.78, 5) is 12.9. The highest BCUT2D eigenvalue weighted by atomic mass is 16.4. The van der Waals surface area contributed by atoms with Crippen LogP contribution in [0.3, 0.4) is 0 Å². The molecule has 3 heteroatoms. The van der Waals surface area contributed by atoms with Crippen LogP contribution in [0.15, 0.2) is 0 Å². The number of fused-ring (bicyclic) bond motifs is 1. The van der Waals surface area contributed by atoms with Crippen molar-refractivity contribution in [3.05, 3.63) is 0 Å². The van der Waals surface area contributed by atoms with Gasteiger partial charge in [0.05, 0.1) is 0 Å². The molecule has 0 spiro atoms. The lowest BCUT2D eigenvalue weighted by atomic mass is 10.0. The maximum absolute atomic E-state index is 10.3. The number of unbranched alkanes of at least 4 members (excludes halogenated alkanes) is 1. The van der Waals surface area contributed by atoms with E-state index in [1.807, 2.05) is 0 Å². The Labute approximate surface area is 91.5 Å². The fraction of sp³-hybridized carbons (Fsp3) is 0.917. The quantitative estimate of drug-likeness (QED) is 0.707. The van der Waals surface area contributed by atoms with E-state index in [1.165, 1.54) is 32.4 Å². The van der Waals surface area contributed by atoms with Gasteiger partial charge >= 0.3 is 5.97 Å². The monoisotopic (exact) mass is 211 g/mol. The van der Waals surface area contributed by atoms with Crippen LogP contribution in [0.2, 0.25) is 0 Å². The Morgan fingerprint density at radius 2 is 1.87 bits per heavy atom. The van der Waals surface area contributed by atoms with Gasteiger partial charge in [0.1, 0.15) is 0 Å². The summed E-state index contributed by atoms with van der Waals surface area (Å²) in [7, 11) is 0. The van der Waals surface area contributed by atoms with Crippen molar-refractivity contribution in [1.82, 2.24) is 4.90 Å². The maximum Gasteiger partial charge on any atom is 0.303 e. The van der Waals surface area contributed by atoms with Crippen molar-refractivity contribution in [2.75, 3.05) is 19.6 Å². The number of hydrogen-bond donors (Lipinski definition) is 1. The fourth-order valence-electron chi connectivity index (χ4n) is 3.13. The SMILES string of the molecule is O=C(O)CCCCN1CC2CCCC2C1. The predicted octanol–water partition coefficient (Wildman–Crippen LogP) is 1.97. The molecule has 3 nitrogen and oxygen atoms in total. The van der Waals surface area contributed by atoms with Gasteiger partial charge in [0, 0.05) is 19.5 Å². The van der Waals surface area contributed by atoms with Gasteiger partial charge in [-0.15, -0.1) is 0 Å². The largest absolute Gasteiger partial charge is 0.481 e. The second-order valence-corrected chi connectivity index (χ2v) is 5.06. The van der Waals surface area contributed by atoms with Gasteiger partial charge in [-0.1, -0.05) is 6.42 Å². The topological polar surface area (TPSA) is 40.5 Å². The zero-order valence-electron chi connectivity index (χ0n) is 9.32. The standard InChI is InChI=1S/C12H21NO2/c14-12(15)6-1-2-7-13-8-10-4-3-5-11(10)9-13/h10-11H,1-9H2,(H,14,15). The first-order valence-corrected chi connectivity index (χ1v) is 6.20. The summed E-state index contributed by atoms with van der Waals surface area (Å²) in [6.45, 7) is 3.66. The summed E-state index contributed by atoms with van der Waals surface area (Å²) < 4.78 is 0. The van der Waals surface area contributed by atoms with E-state index in [9.17, 15) is 4.79 Å². The Morgan fingerprint density at radius 3 is 2.47 bits per heavy atom. The van der Waals surface area contributed by atoms with Crippen LogP contribution in [0.5, 0.6) is 0 Å². The van der Waals surface area contributed by atoms with Gasteiger partial charge in [-0.3, -0.25) is 4.79 Å². The van der Waals surface area contributed by atoms with Crippen LogP contribution >= 0.6 is 0 Å². The number of carbonyl (C=O) groups is 1. The molecule has 1 aliphatic heterocycles. The minimum Gasteiger partial charge on any atom is -0.481 e. The molecule has 1 saturated heterocycles. The van der Waals surface area contributed by atoms with Crippen molar-refractivity contribution in [3.63, 3.8) is 0 Å². The van der Waals surface area contributed by atoms with Crippen molar-refractivity contribution < 1.29 is 9.90 Å². The third kappa shape index (κ3) is 2.94. The van der Waals surface area contributed by atoms with Crippen molar-refractivity contribution in [2.45, 2.75) is 38.5 Å². The summed E-state index contributed by atoms with van der Waals surface area (Å²) in [5.41, 5.74) is 0. The molecular weight excluding hydrogens is 190 g/mol. The second kappa shape index (κ2) is 4.97. The number of aliphatic carboxylic acids is 1. The van der Waals surface area contributed by atoms with Crippen molar-refractivity contribution >= 4 is 5.97 Å². The summed E-state index contributed by atoms with van der Waals surface area (Å²) >= 11 is 0. The molecule has 15 heavy (non-hydrogen) atoms. The molecule has 0 aromatic rings. The minimum absolute atomic E-state index is 0.334. The van der Waals surface area contributed by atoms with E-state index in [4.69, 9.17) is 5.11 Å². The smallest absolute Gasteiger partial charge is 0.303 e. The van der Waals surface area contributed by atoms with Gasteiger partial charge in [-0.05, 0) is 44.1 Å². The van der Waals surface area contributed by atoms with Gasteiger partial charge in [-0.2, -0.15) is 0 Å². The zero-order chi connectivity index (χ0) is 10.7. The van der Waals surface area contributed by atoms with Gasteiger partial charge in [0.25, 0.3) is 0 Å². The first-order valence-electron chi connectivity index (χ1n) is 6.20. The molecule has 1 saturated carbocycles. The predicted molar refractivity (Wildman–Crippen MR) is 58.8 cm³/mol. The van der Waals surface area contributed by atoms with Crippen LogP contribution in [-0.4, -0.2) is 35.6 Å². The van der Waals surface area contributed by atoms with Gasteiger partial charge < -0.3 is 10.0 Å². The number of carboxylic acids is 1. The van der Waals surface area contributed by atoms with Gasteiger partial charge in [0.15, 0.2) is 0 Å². The Bertz CT molecular complexity index is 218. The van der Waals surface area contributed by atoms with E-state index < -0.39 is 5.97 Å². The lowest BCUT2D eigenvalue weighted by molar-refractivity contribution is -0.137. The van der Waals surface area contributed by atoms with Crippen LogP contribution in [0.1, 0.15) is 38.5 Å². The Kier molecular flexibility index (Phi) is 3.62. The van der Waals surface area contributed by atoms with Gasteiger partial charge in [0.2, 0.25) is 0 Å². The Hall–Kier alpha value is -0.570. The number of hydrogen-bond acceptors (Lipinski definition) is 2. The highest BCUT2D eigenvalue weighted by molar-refractivity contribution is 5.66. The third-order valence-corrected chi connectivity index (χ3v) is 3.92. The van der Waals surface area contributed by atoms with Crippen molar-refractivity contribution in [3.8, 4) is 0 Å². The maximum atomic E-state index is 10.3. The number of likely N-dealkylation sites (tertiary alicyclic amines) is 1. The summed E-state index contributed by atoms with van der Waals surface area (Å²) in [6, 6.07) is 0. The van der Waals surface area contributed by atoms with Crippen LogP contribution in [0, 0.1) is 11.8 Å². The average molecular weight is 211 g/mol. The molecule has 0 amide bonds. The molecule has 2 atom stereocenters. The molecule has 2 aliphatic rings. The van der Waals surface area contributed by atoms with E-state index in [1.54, 1.807) is 0 Å². The van der Waals surface area contributed by atoms with Crippen LogP contribution in [-0.2, 0) is 4.79 Å². The molecule has 1 heterocycles. The number of rotatable bonds is 5. The van der Waals surface area contributed by atoms with E-state index in [0.29, 0.717) is 6.42 Å². The minimum atomic E-state index is -0.659. The first-order chi connectivity index (χ1) is 7.25. The highest BCUT2D eigenvalue weighted by Crippen LogP contribution is 2.37. The van der Waals surface area contributed by atoms with E-state index in [2.05, 4.69) is 4.90 Å². The summed E-state index contributed by atoms with van der Waals surface area (Å²) in [5.74, 6) is 1.27. The van der Waals surface area contributed by atoms with Gasteiger partial charge in [-0.25, -0.2) is 0 Å². The fourth-order valence-corrected chi connectivity index (χ4v) is 3.13. The lowest BCUT2D eigenvalue weighted by Crippen LogP contribution is -2.23. The van der Waals surface area contributed by atoms with E-state index in [-0.39, 0.29) is 0 Å².